The van der Waals surface area contributed by atoms with Gasteiger partial charge in [-0.1, -0.05) is 13.8 Å². The second kappa shape index (κ2) is 6.11. The van der Waals surface area contributed by atoms with Crippen LogP contribution >= 0.6 is 0 Å². The molecule has 0 saturated carbocycles. The third-order valence-electron chi connectivity index (χ3n) is 2.97. The second-order valence-electron chi connectivity index (χ2n) is 5.07. The van der Waals surface area contributed by atoms with Crippen LogP contribution in [0.1, 0.15) is 33.6 Å². The summed E-state index contributed by atoms with van der Waals surface area (Å²) in [5.41, 5.74) is 0. The molecule has 1 rings (SSSR count). The Hall–Kier alpha value is -0.570. The van der Waals surface area contributed by atoms with Crippen molar-refractivity contribution in [3.05, 3.63) is 0 Å². The summed E-state index contributed by atoms with van der Waals surface area (Å²) >= 11 is 0. The van der Waals surface area contributed by atoms with Gasteiger partial charge in [0.2, 0.25) is 5.91 Å². The highest BCUT2D eigenvalue weighted by atomic mass is 16.1. The lowest BCUT2D eigenvalue weighted by atomic mass is 9.96. The van der Waals surface area contributed by atoms with Crippen molar-refractivity contribution in [1.82, 2.24) is 10.2 Å². The van der Waals surface area contributed by atoms with Crippen LogP contribution in [0.3, 0.4) is 0 Å². The van der Waals surface area contributed by atoms with Gasteiger partial charge in [-0.25, -0.2) is 0 Å². The monoisotopic (exact) mass is 212 g/mol. The molecule has 1 heterocycles. The van der Waals surface area contributed by atoms with Gasteiger partial charge >= 0.3 is 0 Å². The molecule has 0 radical (unpaired) electrons. The second-order valence-corrected chi connectivity index (χ2v) is 5.07. The maximum Gasteiger partial charge on any atom is 0.216 e. The number of hydrogen-bond acceptors (Lipinski definition) is 2. The number of rotatable bonds is 4. The fraction of sp³-hybridized carbons (Fsp3) is 0.917. The van der Waals surface area contributed by atoms with Crippen LogP contribution in [0.2, 0.25) is 0 Å². The van der Waals surface area contributed by atoms with Crippen LogP contribution in [0.25, 0.3) is 0 Å². The molecule has 0 aliphatic carbocycles. The third kappa shape index (κ3) is 5.17. The zero-order valence-electron chi connectivity index (χ0n) is 10.3. The van der Waals surface area contributed by atoms with Gasteiger partial charge in [-0.15, -0.1) is 0 Å². The first-order valence-electron chi connectivity index (χ1n) is 6.04. The molecule has 0 bridgehead atoms. The highest BCUT2D eigenvalue weighted by molar-refractivity contribution is 5.72. The molecule has 15 heavy (non-hydrogen) atoms. The highest BCUT2D eigenvalue weighted by Crippen LogP contribution is 2.17. The summed E-state index contributed by atoms with van der Waals surface area (Å²) < 4.78 is 0. The summed E-state index contributed by atoms with van der Waals surface area (Å²) in [4.78, 5) is 13.3. The van der Waals surface area contributed by atoms with Crippen molar-refractivity contribution >= 4 is 5.91 Å². The van der Waals surface area contributed by atoms with E-state index in [-0.39, 0.29) is 5.91 Å². The summed E-state index contributed by atoms with van der Waals surface area (Å²) in [5, 5.41) is 2.91. The van der Waals surface area contributed by atoms with E-state index in [1.165, 1.54) is 32.5 Å². The minimum Gasteiger partial charge on any atom is -0.356 e. The zero-order valence-corrected chi connectivity index (χ0v) is 10.3. The van der Waals surface area contributed by atoms with Gasteiger partial charge in [0, 0.05) is 20.0 Å². The van der Waals surface area contributed by atoms with Crippen molar-refractivity contribution in [3.8, 4) is 0 Å². The minimum atomic E-state index is 0.0969. The number of nitrogens with one attached hydrogen (secondary N) is 1. The molecule has 3 heteroatoms. The Morgan fingerprint density at radius 3 is 2.47 bits per heavy atom. The molecule has 1 aliphatic rings. The summed E-state index contributed by atoms with van der Waals surface area (Å²) in [6, 6.07) is 0. The van der Waals surface area contributed by atoms with E-state index >= 15 is 0 Å². The summed E-state index contributed by atoms with van der Waals surface area (Å²) in [6.07, 6.45) is 2.46. The number of hydrogen-bond donors (Lipinski definition) is 1. The highest BCUT2D eigenvalue weighted by Gasteiger charge is 2.19. The minimum absolute atomic E-state index is 0.0969. The van der Waals surface area contributed by atoms with E-state index < -0.39 is 0 Å². The Kier molecular flexibility index (Phi) is 5.09. The van der Waals surface area contributed by atoms with Crippen molar-refractivity contribution in [1.29, 1.82) is 0 Å². The molecule has 1 aliphatic heterocycles. The van der Waals surface area contributed by atoms with Crippen molar-refractivity contribution in [2.75, 3.05) is 26.2 Å². The quantitative estimate of drug-likeness (QED) is 0.766. The largest absolute Gasteiger partial charge is 0.356 e. The number of carbonyl (C=O) groups excluding carboxylic acids is 1. The lowest BCUT2D eigenvalue weighted by molar-refractivity contribution is -0.119. The first-order chi connectivity index (χ1) is 7.08. The molecule has 1 fully saturated rings. The van der Waals surface area contributed by atoms with Gasteiger partial charge in [-0.3, -0.25) is 4.79 Å². The lowest BCUT2D eigenvalue weighted by Gasteiger charge is -2.32. The fourth-order valence-electron chi connectivity index (χ4n) is 2.18. The maximum absolute atomic E-state index is 10.8. The van der Waals surface area contributed by atoms with E-state index in [1.807, 2.05) is 0 Å². The SMILES string of the molecule is CC(=O)NCC1CCN(CC(C)C)CC1. The number of carbonyl (C=O) groups is 1. The fourth-order valence-corrected chi connectivity index (χ4v) is 2.18. The van der Waals surface area contributed by atoms with E-state index in [2.05, 4.69) is 24.1 Å². The first-order valence-corrected chi connectivity index (χ1v) is 6.04. The Bertz CT molecular complexity index is 196. The average Bonchev–Trinajstić information content (AvgIpc) is 2.16. The van der Waals surface area contributed by atoms with Crippen LogP contribution in [0.4, 0.5) is 0 Å². The van der Waals surface area contributed by atoms with E-state index in [4.69, 9.17) is 0 Å². The Balaban J connectivity index is 2.15. The third-order valence-corrected chi connectivity index (χ3v) is 2.97. The van der Waals surface area contributed by atoms with E-state index in [9.17, 15) is 4.79 Å². The van der Waals surface area contributed by atoms with Gasteiger partial charge in [-0.05, 0) is 37.8 Å². The van der Waals surface area contributed by atoms with Crippen LogP contribution in [-0.4, -0.2) is 37.0 Å². The van der Waals surface area contributed by atoms with E-state index in [0.717, 1.165) is 12.5 Å². The zero-order chi connectivity index (χ0) is 11.3. The molecule has 0 unspecified atom stereocenters. The number of likely N-dealkylation sites (tertiary alicyclic amines) is 1. The molecule has 1 saturated heterocycles. The molecule has 1 N–H and O–H groups in total. The molecule has 1 amide bonds. The van der Waals surface area contributed by atoms with Gasteiger partial charge in [-0.2, -0.15) is 0 Å². The van der Waals surface area contributed by atoms with Crippen LogP contribution < -0.4 is 5.32 Å². The standard InChI is InChI=1S/C12H24N2O/c1-10(2)9-14-6-4-12(5-7-14)8-13-11(3)15/h10,12H,4-9H2,1-3H3,(H,13,15). The van der Waals surface area contributed by atoms with Crippen molar-refractivity contribution in [3.63, 3.8) is 0 Å². The van der Waals surface area contributed by atoms with Gasteiger partial charge in [0.25, 0.3) is 0 Å². The Morgan fingerprint density at radius 1 is 1.40 bits per heavy atom. The summed E-state index contributed by atoms with van der Waals surface area (Å²) in [5.74, 6) is 1.55. The van der Waals surface area contributed by atoms with E-state index in [0.29, 0.717) is 5.92 Å². The van der Waals surface area contributed by atoms with Crippen molar-refractivity contribution in [2.24, 2.45) is 11.8 Å². The predicted molar refractivity (Wildman–Crippen MR) is 62.7 cm³/mol. The van der Waals surface area contributed by atoms with Gasteiger partial charge in [0.15, 0.2) is 0 Å². The molecule has 0 atom stereocenters. The van der Waals surface area contributed by atoms with E-state index in [1.54, 1.807) is 6.92 Å². The number of amides is 1. The van der Waals surface area contributed by atoms with Crippen LogP contribution in [0.15, 0.2) is 0 Å². The molecule has 0 spiro atoms. The summed E-state index contributed by atoms with van der Waals surface area (Å²) in [6.45, 7) is 10.6. The molecule has 3 nitrogen and oxygen atoms in total. The maximum atomic E-state index is 10.8. The lowest BCUT2D eigenvalue weighted by Crippen LogP contribution is -2.39. The average molecular weight is 212 g/mol. The predicted octanol–water partition coefficient (Wildman–Crippen LogP) is 1.49. The van der Waals surface area contributed by atoms with Gasteiger partial charge < -0.3 is 10.2 Å². The molecular formula is C12H24N2O. The van der Waals surface area contributed by atoms with Gasteiger partial charge in [0.05, 0.1) is 0 Å². The number of piperidine rings is 1. The summed E-state index contributed by atoms with van der Waals surface area (Å²) in [7, 11) is 0. The number of nitrogens with zero attached hydrogens (tertiary/aromatic N) is 1. The molecule has 88 valence electrons. The van der Waals surface area contributed by atoms with Crippen LogP contribution in [-0.2, 0) is 4.79 Å². The molecular weight excluding hydrogens is 188 g/mol. The topological polar surface area (TPSA) is 32.3 Å². The van der Waals surface area contributed by atoms with Crippen LogP contribution in [0.5, 0.6) is 0 Å². The molecule has 0 aromatic carbocycles. The Morgan fingerprint density at radius 2 is 2.00 bits per heavy atom. The van der Waals surface area contributed by atoms with Crippen LogP contribution in [0, 0.1) is 11.8 Å². The Labute approximate surface area is 93.2 Å². The smallest absolute Gasteiger partial charge is 0.216 e. The van der Waals surface area contributed by atoms with Crippen molar-refractivity contribution in [2.45, 2.75) is 33.6 Å². The normalized spacial score (nSPS) is 19.5. The first kappa shape index (κ1) is 12.5. The molecule has 0 aromatic heterocycles. The van der Waals surface area contributed by atoms with Crippen molar-refractivity contribution < 1.29 is 4.79 Å². The van der Waals surface area contributed by atoms with Gasteiger partial charge in [0.1, 0.15) is 0 Å². The molecule has 0 aromatic rings.